The van der Waals surface area contributed by atoms with Gasteiger partial charge in [0.15, 0.2) is 0 Å². The normalized spacial score (nSPS) is 33.8. The van der Waals surface area contributed by atoms with E-state index < -0.39 is 11.1 Å². The zero-order chi connectivity index (χ0) is 9.97. The molecule has 0 N–H and O–H groups in total. The van der Waals surface area contributed by atoms with E-state index in [9.17, 15) is 8.76 Å². The summed E-state index contributed by atoms with van der Waals surface area (Å²) >= 11 is -1.95. The summed E-state index contributed by atoms with van der Waals surface area (Å²) in [5, 5.41) is -0.221. The SMILES string of the molecule is O=S([O-])C(CCCC1CO1)CC1CO1. The first-order valence-corrected chi connectivity index (χ1v) is 6.21. The molecule has 0 saturated carbocycles. The van der Waals surface area contributed by atoms with Crippen LogP contribution < -0.4 is 0 Å². The maximum Gasteiger partial charge on any atom is 0.0821 e. The Balaban J connectivity index is 1.63. The molecule has 0 amide bonds. The van der Waals surface area contributed by atoms with Crippen LogP contribution in [0.2, 0.25) is 0 Å². The van der Waals surface area contributed by atoms with E-state index in [1.54, 1.807) is 0 Å². The molecular weight excluding hydrogens is 204 g/mol. The van der Waals surface area contributed by atoms with Gasteiger partial charge in [0.1, 0.15) is 0 Å². The third-order valence-corrected chi connectivity index (χ3v) is 3.63. The molecule has 0 aromatic carbocycles. The summed E-state index contributed by atoms with van der Waals surface area (Å²) in [4.78, 5) is 0. The first kappa shape index (κ1) is 10.5. The minimum absolute atomic E-state index is 0.204. The average molecular weight is 219 g/mol. The Hall–Kier alpha value is 0.0300. The van der Waals surface area contributed by atoms with Gasteiger partial charge in [-0.3, -0.25) is 4.21 Å². The van der Waals surface area contributed by atoms with Gasteiger partial charge in [-0.05, 0) is 25.7 Å². The van der Waals surface area contributed by atoms with Crippen LogP contribution in [-0.2, 0) is 20.6 Å². The molecule has 2 aliphatic rings. The highest BCUT2D eigenvalue weighted by Crippen LogP contribution is 2.23. The summed E-state index contributed by atoms with van der Waals surface area (Å²) in [6.07, 6.45) is 3.97. The number of ether oxygens (including phenoxy) is 2. The fraction of sp³-hybridized carbons (Fsp3) is 1.00. The van der Waals surface area contributed by atoms with Crippen LogP contribution in [0.1, 0.15) is 25.7 Å². The van der Waals surface area contributed by atoms with E-state index in [1.165, 1.54) is 0 Å². The maximum absolute atomic E-state index is 10.9. The van der Waals surface area contributed by atoms with Gasteiger partial charge < -0.3 is 14.0 Å². The molecule has 4 unspecified atom stereocenters. The second-order valence-electron chi connectivity index (χ2n) is 3.96. The molecule has 0 bridgehead atoms. The quantitative estimate of drug-likeness (QED) is 0.464. The summed E-state index contributed by atoms with van der Waals surface area (Å²) in [7, 11) is 0. The molecule has 0 aliphatic carbocycles. The fourth-order valence-electron chi connectivity index (χ4n) is 1.60. The molecule has 2 heterocycles. The Morgan fingerprint density at radius 1 is 1.36 bits per heavy atom. The van der Waals surface area contributed by atoms with Crippen molar-refractivity contribution in [2.45, 2.75) is 43.1 Å². The molecule has 0 radical (unpaired) electrons. The minimum Gasteiger partial charge on any atom is -0.772 e. The average Bonchev–Trinajstić information content (AvgIpc) is 2.98. The van der Waals surface area contributed by atoms with Crippen molar-refractivity contribution < 1.29 is 18.2 Å². The smallest absolute Gasteiger partial charge is 0.0821 e. The largest absolute Gasteiger partial charge is 0.772 e. The van der Waals surface area contributed by atoms with E-state index in [1.807, 2.05) is 0 Å². The van der Waals surface area contributed by atoms with Crippen LogP contribution in [0.3, 0.4) is 0 Å². The predicted octanol–water partition coefficient (Wildman–Crippen LogP) is 0.592. The van der Waals surface area contributed by atoms with Crippen LogP contribution in [0.25, 0.3) is 0 Å². The molecule has 4 nitrogen and oxygen atoms in total. The predicted molar refractivity (Wildman–Crippen MR) is 50.7 cm³/mol. The highest BCUT2D eigenvalue weighted by atomic mass is 32.2. The monoisotopic (exact) mass is 219 g/mol. The van der Waals surface area contributed by atoms with E-state index in [4.69, 9.17) is 9.47 Å². The number of rotatable bonds is 7. The Kier molecular flexibility index (Phi) is 3.54. The summed E-state index contributed by atoms with van der Waals surface area (Å²) in [6, 6.07) is 0. The molecule has 0 aromatic rings. The van der Waals surface area contributed by atoms with Gasteiger partial charge in [-0.1, -0.05) is 11.1 Å². The zero-order valence-electron chi connectivity index (χ0n) is 8.02. The molecule has 5 heteroatoms. The van der Waals surface area contributed by atoms with Gasteiger partial charge in [0.25, 0.3) is 0 Å². The second kappa shape index (κ2) is 4.70. The molecular formula is C9H15O4S-. The standard InChI is InChI=1S/C9H16O4S/c10-14(11)9(4-8-6-13-8)3-1-2-7-5-12-7/h7-9H,1-6H2,(H,10,11)/p-1. The second-order valence-corrected chi connectivity index (χ2v) is 5.15. The summed E-state index contributed by atoms with van der Waals surface area (Å²) in [5.41, 5.74) is 0. The van der Waals surface area contributed by atoms with Gasteiger partial charge in [-0.15, -0.1) is 0 Å². The zero-order valence-corrected chi connectivity index (χ0v) is 8.83. The van der Waals surface area contributed by atoms with E-state index in [-0.39, 0.29) is 11.4 Å². The van der Waals surface area contributed by atoms with Crippen molar-refractivity contribution in [2.24, 2.45) is 0 Å². The summed E-state index contributed by atoms with van der Waals surface area (Å²) in [5.74, 6) is 0. The molecule has 4 atom stereocenters. The third kappa shape index (κ3) is 3.65. The van der Waals surface area contributed by atoms with Crippen molar-refractivity contribution in [1.29, 1.82) is 0 Å². The topological polar surface area (TPSA) is 65.2 Å². The molecule has 0 spiro atoms. The van der Waals surface area contributed by atoms with Crippen molar-refractivity contribution in [2.75, 3.05) is 13.2 Å². The minimum atomic E-state index is -1.95. The van der Waals surface area contributed by atoms with Crippen LogP contribution in [0, 0.1) is 0 Å². The molecule has 14 heavy (non-hydrogen) atoms. The fourth-order valence-corrected chi connectivity index (χ4v) is 2.33. The Morgan fingerprint density at radius 2 is 2.00 bits per heavy atom. The number of hydrogen-bond acceptors (Lipinski definition) is 4. The van der Waals surface area contributed by atoms with Crippen LogP contribution in [-0.4, -0.2) is 39.4 Å². The maximum atomic E-state index is 10.9. The lowest BCUT2D eigenvalue weighted by atomic mass is 10.1. The van der Waals surface area contributed by atoms with Crippen LogP contribution in [0.15, 0.2) is 0 Å². The highest BCUT2D eigenvalue weighted by Gasteiger charge is 2.28. The molecule has 2 saturated heterocycles. The van der Waals surface area contributed by atoms with E-state index >= 15 is 0 Å². The molecule has 2 fully saturated rings. The van der Waals surface area contributed by atoms with Gasteiger partial charge in [0.05, 0.1) is 25.4 Å². The van der Waals surface area contributed by atoms with Crippen molar-refractivity contribution in [3.8, 4) is 0 Å². The van der Waals surface area contributed by atoms with Crippen molar-refractivity contribution in [3.05, 3.63) is 0 Å². The Morgan fingerprint density at radius 3 is 2.50 bits per heavy atom. The van der Waals surface area contributed by atoms with Crippen LogP contribution in [0.5, 0.6) is 0 Å². The molecule has 2 aliphatic heterocycles. The van der Waals surface area contributed by atoms with Gasteiger partial charge in [0, 0.05) is 5.25 Å². The lowest BCUT2D eigenvalue weighted by Gasteiger charge is -2.18. The van der Waals surface area contributed by atoms with Crippen LogP contribution >= 0.6 is 0 Å². The van der Waals surface area contributed by atoms with E-state index in [2.05, 4.69) is 0 Å². The third-order valence-electron chi connectivity index (χ3n) is 2.65. The number of hydrogen-bond donors (Lipinski definition) is 0. The molecule has 0 aromatic heterocycles. The summed E-state index contributed by atoms with van der Waals surface area (Å²) < 4.78 is 31.8. The highest BCUT2D eigenvalue weighted by molar-refractivity contribution is 7.79. The van der Waals surface area contributed by atoms with Crippen molar-refractivity contribution >= 4 is 11.1 Å². The van der Waals surface area contributed by atoms with Gasteiger partial charge in [-0.2, -0.15) is 0 Å². The van der Waals surface area contributed by atoms with Gasteiger partial charge >= 0.3 is 0 Å². The first-order chi connectivity index (χ1) is 6.75. The van der Waals surface area contributed by atoms with E-state index in [0.29, 0.717) is 12.5 Å². The molecule has 2 rings (SSSR count). The van der Waals surface area contributed by atoms with Crippen molar-refractivity contribution in [3.63, 3.8) is 0 Å². The lowest BCUT2D eigenvalue weighted by molar-refractivity contribution is 0.372. The van der Waals surface area contributed by atoms with E-state index in [0.717, 1.165) is 32.5 Å². The first-order valence-electron chi connectivity index (χ1n) is 5.07. The van der Waals surface area contributed by atoms with Gasteiger partial charge in [0.2, 0.25) is 0 Å². The van der Waals surface area contributed by atoms with Gasteiger partial charge in [-0.25, -0.2) is 0 Å². The number of epoxide rings is 2. The van der Waals surface area contributed by atoms with Crippen LogP contribution in [0.4, 0.5) is 0 Å². The summed E-state index contributed by atoms with van der Waals surface area (Å²) in [6.45, 7) is 1.59. The molecule has 82 valence electrons. The Labute approximate surface area is 86.3 Å². The Bertz CT molecular complexity index is 213. The lowest BCUT2D eigenvalue weighted by Crippen LogP contribution is -2.17. The van der Waals surface area contributed by atoms with Crippen molar-refractivity contribution in [1.82, 2.24) is 0 Å².